The van der Waals surface area contributed by atoms with Crippen LogP contribution in [0.4, 0.5) is 5.69 Å². The van der Waals surface area contributed by atoms with Gasteiger partial charge in [-0.1, -0.05) is 35.6 Å². The van der Waals surface area contributed by atoms with E-state index < -0.39 is 0 Å². The Morgan fingerprint density at radius 3 is 2.61 bits per heavy atom. The summed E-state index contributed by atoms with van der Waals surface area (Å²) in [6, 6.07) is 15.6. The number of fused-ring (bicyclic) bond motifs is 1. The fourth-order valence-corrected chi connectivity index (χ4v) is 3.15. The molecule has 3 aromatic rings. The van der Waals surface area contributed by atoms with Crippen LogP contribution in [0.5, 0.6) is 0 Å². The fourth-order valence-electron chi connectivity index (χ4n) is 2.18. The number of nitrogens with one attached hydrogen (secondary N) is 1. The Labute approximate surface area is 137 Å². The number of aromatic nitrogens is 1. The van der Waals surface area contributed by atoms with Gasteiger partial charge in [0.1, 0.15) is 0 Å². The average Bonchev–Trinajstić information content (AvgIpc) is 2.85. The summed E-state index contributed by atoms with van der Waals surface area (Å²) in [6.07, 6.45) is 1.70. The van der Waals surface area contributed by atoms with Crippen LogP contribution in [0.1, 0.15) is 12.5 Å². The van der Waals surface area contributed by atoms with Gasteiger partial charge in [-0.2, -0.15) is 5.10 Å². The Kier molecular flexibility index (Phi) is 4.34. The first kappa shape index (κ1) is 15.2. The van der Waals surface area contributed by atoms with Gasteiger partial charge in [-0.05, 0) is 29.8 Å². The molecule has 3 rings (SSSR count). The summed E-state index contributed by atoms with van der Waals surface area (Å²) < 4.78 is 3.21. The zero-order valence-electron chi connectivity index (χ0n) is 12.9. The Morgan fingerprint density at radius 2 is 1.91 bits per heavy atom. The Bertz CT molecular complexity index is 935. The quantitative estimate of drug-likeness (QED) is 0.584. The first-order valence-corrected chi connectivity index (χ1v) is 7.94. The Hall–Kier alpha value is -2.73. The number of amides is 1. The van der Waals surface area contributed by atoms with E-state index >= 15 is 0 Å². The molecule has 0 atom stereocenters. The van der Waals surface area contributed by atoms with Crippen LogP contribution in [0.2, 0.25) is 0 Å². The number of benzene rings is 2. The van der Waals surface area contributed by atoms with Crippen molar-refractivity contribution in [3.8, 4) is 0 Å². The molecule has 0 saturated heterocycles. The average molecular weight is 324 g/mol. The fraction of sp³-hybridized carbons (Fsp3) is 0.118. The normalized spacial score (nSPS) is 12.2. The summed E-state index contributed by atoms with van der Waals surface area (Å²) in [5.74, 6) is -0.0846. The van der Waals surface area contributed by atoms with Crippen molar-refractivity contribution >= 4 is 39.4 Å². The van der Waals surface area contributed by atoms with Gasteiger partial charge in [0, 0.05) is 19.7 Å². The lowest BCUT2D eigenvalue weighted by atomic mass is 10.2. The second kappa shape index (κ2) is 6.58. The predicted octanol–water partition coefficient (Wildman–Crippen LogP) is 3.13. The minimum Gasteiger partial charge on any atom is -0.326 e. The SMILES string of the molecule is CC(=O)Nc1ccc(/C=N/N=c2\sc3ccccc3n2C)cc1. The van der Waals surface area contributed by atoms with Gasteiger partial charge in [0.25, 0.3) is 0 Å². The molecule has 0 radical (unpaired) electrons. The third-order valence-corrected chi connectivity index (χ3v) is 4.40. The van der Waals surface area contributed by atoms with Crippen molar-refractivity contribution < 1.29 is 4.79 Å². The largest absolute Gasteiger partial charge is 0.326 e. The van der Waals surface area contributed by atoms with Crippen LogP contribution in [0.15, 0.2) is 58.7 Å². The molecule has 0 bridgehead atoms. The number of hydrogen-bond donors (Lipinski definition) is 1. The maximum absolute atomic E-state index is 11.0. The van der Waals surface area contributed by atoms with E-state index in [1.165, 1.54) is 11.6 Å². The van der Waals surface area contributed by atoms with E-state index in [1.54, 1.807) is 17.6 Å². The van der Waals surface area contributed by atoms with Gasteiger partial charge in [-0.3, -0.25) is 4.79 Å². The highest BCUT2D eigenvalue weighted by Crippen LogP contribution is 2.15. The molecule has 1 aromatic heterocycles. The van der Waals surface area contributed by atoms with Gasteiger partial charge in [-0.15, -0.1) is 5.10 Å². The van der Waals surface area contributed by atoms with Crippen molar-refractivity contribution in [3.63, 3.8) is 0 Å². The summed E-state index contributed by atoms with van der Waals surface area (Å²) >= 11 is 1.60. The second-order valence-electron chi connectivity index (χ2n) is 5.06. The minimum absolute atomic E-state index is 0.0846. The number of rotatable bonds is 3. The number of carbonyl (C=O) groups excluding carboxylic acids is 1. The zero-order valence-corrected chi connectivity index (χ0v) is 13.7. The molecule has 0 aliphatic heterocycles. The van der Waals surface area contributed by atoms with Crippen LogP contribution in [0.25, 0.3) is 10.2 Å². The van der Waals surface area contributed by atoms with Crippen LogP contribution < -0.4 is 10.1 Å². The number of aryl methyl sites for hydroxylation is 1. The molecule has 0 fully saturated rings. The highest BCUT2D eigenvalue weighted by Gasteiger charge is 2.00. The van der Waals surface area contributed by atoms with Gasteiger partial charge in [-0.25, -0.2) is 0 Å². The van der Waals surface area contributed by atoms with Crippen LogP contribution in [0, 0.1) is 0 Å². The minimum atomic E-state index is -0.0846. The molecular formula is C17H16N4OS. The molecule has 0 unspecified atom stereocenters. The highest BCUT2D eigenvalue weighted by atomic mass is 32.1. The Morgan fingerprint density at radius 1 is 1.17 bits per heavy atom. The molecule has 1 amide bonds. The molecule has 0 saturated carbocycles. The number of carbonyl (C=O) groups is 1. The third kappa shape index (κ3) is 3.54. The van der Waals surface area contributed by atoms with Crippen molar-refractivity contribution in [3.05, 3.63) is 58.9 Å². The topological polar surface area (TPSA) is 58.8 Å². The van der Waals surface area contributed by atoms with Gasteiger partial charge < -0.3 is 9.88 Å². The monoisotopic (exact) mass is 324 g/mol. The lowest BCUT2D eigenvalue weighted by molar-refractivity contribution is -0.114. The number of hydrogen-bond acceptors (Lipinski definition) is 4. The van der Waals surface area contributed by atoms with Crippen LogP contribution in [-0.4, -0.2) is 16.7 Å². The summed E-state index contributed by atoms with van der Waals surface area (Å²) in [5.41, 5.74) is 2.83. The van der Waals surface area contributed by atoms with E-state index in [2.05, 4.69) is 27.7 Å². The summed E-state index contributed by atoms with van der Waals surface area (Å²) in [5, 5.41) is 11.2. The maximum atomic E-state index is 11.0. The molecule has 0 aliphatic carbocycles. The van der Waals surface area contributed by atoms with Gasteiger partial charge in [0.15, 0.2) is 0 Å². The second-order valence-corrected chi connectivity index (χ2v) is 6.07. The maximum Gasteiger partial charge on any atom is 0.221 e. The van der Waals surface area contributed by atoms with Crippen molar-refractivity contribution in [1.82, 2.24) is 4.57 Å². The van der Waals surface area contributed by atoms with Crippen molar-refractivity contribution in [2.24, 2.45) is 17.3 Å². The van der Waals surface area contributed by atoms with E-state index in [9.17, 15) is 4.79 Å². The standard InChI is InChI=1S/C17H16N4OS/c1-12(22)19-14-9-7-13(8-10-14)11-18-20-17-21(2)15-5-3-4-6-16(15)23-17/h3-11H,1-2H3,(H,19,22)/b18-11+,20-17-. The first-order chi connectivity index (χ1) is 11.1. The van der Waals surface area contributed by atoms with E-state index in [0.29, 0.717) is 0 Å². The van der Waals surface area contributed by atoms with E-state index in [1.807, 2.05) is 48.0 Å². The van der Waals surface area contributed by atoms with E-state index in [4.69, 9.17) is 0 Å². The van der Waals surface area contributed by atoms with Crippen LogP contribution >= 0.6 is 11.3 Å². The molecule has 1 heterocycles. The molecular weight excluding hydrogens is 308 g/mol. The molecule has 1 N–H and O–H groups in total. The lowest BCUT2D eigenvalue weighted by Gasteiger charge is -2.00. The molecule has 6 heteroatoms. The summed E-state index contributed by atoms with van der Waals surface area (Å²) in [4.78, 5) is 11.8. The van der Waals surface area contributed by atoms with E-state index in [-0.39, 0.29) is 5.91 Å². The molecule has 2 aromatic carbocycles. The van der Waals surface area contributed by atoms with Crippen molar-refractivity contribution in [1.29, 1.82) is 0 Å². The number of para-hydroxylation sites is 1. The van der Waals surface area contributed by atoms with Crippen molar-refractivity contribution in [2.75, 3.05) is 5.32 Å². The van der Waals surface area contributed by atoms with Gasteiger partial charge >= 0.3 is 0 Å². The van der Waals surface area contributed by atoms with E-state index in [0.717, 1.165) is 21.6 Å². The zero-order chi connectivity index (χ0) is 16.2. The Balaban J connectivity index is 1.82. The smallest absolute Gasteiger partial charge is 0.221 e. The van der Waals surface area contributed by atoms with Crippen LogP contribution in [0.3, 0.4) is 0 Å². The summed E-state index contributed by atoms with van der Waals surface area (Å²) in [7, 11) is 1.98. The number of anilines is 1. The number of nitrogens with zero attached hydrogens (tertiary/aromatic N) is 3. The third-order valence-electron chi connectivity index (χ3n) is 3.30. The molecule has 116 valence electrons. The van der Waals surface area contributed by atoms with Crippen LogP contribution in [-0.2, 0) is 11.8 Å². The molecule has 5 nitrogen and oxygen atoms in total. The van der Waals surface area contributed by atoms with Gasteiger partial charge in [0.05, 0.1) is 16.4 Å². The first-order valence-electron chi connectivity index (χ1n) is 7.13. The highest BCUT2D eigenvalue weighted by molar-refractivity contribution is 7.16. The molecule has 0 aliphatic rings. The predicted molar refractivity (Wildman–Crippen MR) is 94.7 cm³/mol. The summed E-state index contributed by atoms with van der Waals surface area (Å²) in [6.45, 7) is 1.49. The van der Waals surface area contributed by atoms with Gasteiger partial charge in [0.2, 0.25) is 10.7 Å². The molecule has 23 heavy (non-hydrogen) atoms. The molecule has 0 spiro atoms. The lowest BCUT2D eigenvalue weighted by Crippen LogP contribution is -2.08. The number of thiazole rings is 1. The van der Waals surface area contributed by atoms with Crippen molar-refractivity contribution in [2.45, 2.75) is 6.92 Å².